The Kier molecular flexibility index (Phi) is 4.93. The quantitative estimate of drug-likeness (QED) is 0.353. The summed E-state index contributed by atoms with van der Waals surface area (Å²) < 4.78 is 1.06. The molecule has 0 saturated carbocycles. The van der Waals surface area contributed by atoms with Crippen LogP contribution >= 0.6 is 0 Å². The number of nitro groups is 1. The van der Waals surface area contributed by atoms with E-state index >= 15 is 0 Å². The second kappa shape index (κ2) is 7.70. The zero-order chi connectivity index (χ0) is 21.3. The van der Waals surface area contributed by atoms with Gasteiger partial charge in [-0.2, -0.15) is 5.10 Å². The molecule has 0 saturated heterocycles. The fourth-order valence-corrected chi connectivity index (χ4v) is 3.73. The normalized spacial score (nSPS) is 15.0. The zero-order valence-electron chi connectivity index (χ0n) is 15.6. The number of nitrogens with zero attached hydrogens (tertiary/aromatic N) is 4. The monoisotopic (exact) mass is 404 g/mol. The Morgan fingerprint density at radius 1 is 0.967 bits per heavy atom. The van der Waals surface area contributed by atoms with Crippen LogP contribution in [-0.4, -0.2) is 49.9 Å². The Balaban J connectivity index is 1.84. The number of fused-ring (bicyclic) bond motifs is 1. The van der Waals surface area contributed by atoms with Crippen LogP contribution in [0.3, 0.4) is 0 Å². The first-order valence-corrected chi connectivity index (χ1v) is 9.16. The van der Waals surface area contributed by atoms with E-state index in [1.807, 2.05) is 0 Å². The Morgan fingerprint density at radius 2 is 1.57 bits per heavy atom. The molecule has 0 spiro atoms. The van der Waals surface area contributed by atoms with Crippen LogP contribution in [0.5, 0.6) is 0 Å². The summed E-state index contributed by atoms with van der Waals surface area (Å²) in [5.41, 5.74) is 0.768. The highest BCUT2D eigenvalue weighted by Gasteiger charge is 2.47. The van der Waals surface area contributed by atoms with Gasteiger partial charge in [0.25, 0.3) is 17.7 Å². The number of amides is 2. The molecule has 9 heteroatoms. The fourth-order valence-electron chi connectivity index (χ4n) is 3.73. The van der Waals surface area contributed by atoms with Gasteiger partial charge in [-0.1, -0.05) is 42.5 Å². The summed E-state index contributed by atoms with van der Waals surface area (Å²) >= 11 is 0. The van der Waals surface area contributed by atoms with E-state index in [0.717, 1.165) is 9.58 Å². The highest BCUT2D eigenvalue weighted by Crippen LogP contribution is 2.32. The average Bonchev–Trinajstić information content (AvgIpc) is 3.36. The van der Waals surface area contributed by atoms with Crippen LogP contribution in [0.1, 0.15) is 37.0 Å². The lowest BCUT2D eigenvalue weighted by Gasteiger charge is -2.29. The highest BCUT2D eigenvalue weighted by atomic mass is 16.6. The van der Waals surface area contributed by atoms with Crippen molar-refractivity contribution in [2.24, 2.45) is 0 Å². The molecule has 2 aromatic carbocycles. The van der Waals surface area contributed by atoms with Gasteiger partial charge in [0, 0.05) is 17.3 Å². The molecular weight excluding hydrogens is 388 g/mol. The van der Waals surface area contributed by atoms with E-state index in [1.165, 1.54) is 24.5 Å². The molecule has 0 radical (unpaired) electrons. The van der Waals surface area contributed by atoms with Crippen LogP contribution in [0.25, 0.3) is 0 Å². The molecule has 0 unspecified atom stereocenters. The SMILES string of the molecule is O=C1c2ccccc2C(=O)N1[C@@H](C[N+](=O)[O-])[C@@H](C(=O)n1cccn1)c1ccccc1. The van der Waals surface area contributed by atoms with Gasteiger partial charge in [0.05, 0.1) is 17.0 Å². The first-order valence-electron chi connectivity index (χ1n) is 9.16. The molecule has 0 bridgehead atoms. The maximum atomic E-state index is 13.3. The van der Waals surface area contributed by atoms with Crippen molar-refractivity contribution < 1.29 is 19.3 Å². The molecule has 0 N–H and O–H groups in total. The molecule has 0 fully saturated rings. The van der Waals surface area contributed by atoms with Crippen molar-refractivity contribution in [1.82, 2.24) is 14.7 Å². The minimum Gasteiger partial charge on any atom is -0.272 e. The number of carbonyl (C=O) groups is 3. The van der Waals surface area contributed by atoms with E-state index in [2.05, 4.69) is 5.10 Å². The molecule has 2 atom stereocenters. The zero-order valence-corrected chi connectivity index (χ0v) is 15.6. The topological polar surface area (TPSA) is 115 Å². The van der Waals surface area contributed by atoms with E-state index in [-0.39, 0.29) is 11.1 Å². The summed E-state index contributed by atoms with van der Waals surface area (Å²) in [5, 5.41) is 15.5. The van der Waals surface area contributed by atoms with Crippen molar-refractivity contribution in [3.63, 3.8) is 0 Å². The third-order valence-electron chi connectivity index (χ3n) is 5.03. The van der Waals surface area contributed by atoms with Crippen molar-refractivity contribution >= 4 is 17.7 Å². The molecule has 30 heavy (non-hydrogen) atoms. The van der Waals surface area contributed by atoms with E-state index in [0.29, 0.717) is 5.56 Å². The molecule has 150 valence electrons. The maximum Gasteiger partial charge on any atom is 0.262 e. The number of carbonyl (C=O) groups excluding carboxylic acids is 3. The predicted molar refractivity (Wildman–Crippen MR) is 105 cm³/mol. The lowest BCUT2D eigenvalue weighted by atomic mass is 9.89. The van der Waals surface area contributed by atoms with Crippen LogP contribution in [0.2, 0.25) is 0 Å². The van der Waals surface area contributed by atoms with Crippen molar-refractivity contribution in [3.05, 3.63) is 99.9 Å². The van der Waals surface area contributed by atoms with Crippen LogP contribution in [-0.2, 0) is 0 Å². The standard InChI is InChI=1S/C21H16N4O5/c26-19-15-9-4-5-10-16(15)20(27)25(19)17(13-24(29)30)18(14-7-2-1-3-8-14)21(28)23-12-6-11-22-23/h1-12,17-18H,13H2/t17-,18-/m0/s1. The second-order valence-corrected chi connectivity index (χ2v) is 6.79. The molecule has 3 aromatic rings. The van der Waals surface area contributed by atoms with Gasteiger partial charge in [0.2, 0.25) is 6.54 Å². The molecule has 1 aromatic heterocycles. The molecule has 0 aliphatic carbocycles. The van der Waals surface area contributed by atoms with Gasteiger partial charge in [-0.25, -0.2) is 4.68 Å². The van der Waals surface area contributed by atoms with Gasteiger partial charge < -0.3 is 0 Å². The van der Waals surface area contributed by atoms with Gasteiger partial charge in [-0.15, -0.1) is 0 Å². The Morgan fingerprint density at radius 3 is 2.10 bits per heavy atom. The summed E-state index contributed by atoms with van der Waals surface area (Å²) in [6.45, 7) is -0.780. The lowest BCUT2D eigenvalue weighted by Crippen LogP contribution is -2.50. The van der Waals surface area contributed by atoms with E-state index < -0.39 is 41.1 Å². The Hall–Kier alpha value is -4.14. The third-order valence-corrected chi connectivity index (χ3v) is 5.03. The minimum atomic E-state index is -1.33. The van der Waals surface area contributed by atoms with Gasteiger partial charge in [-0.3, -0.25) is 29.4 Å². The summed E-state index contributed by atoms with van der Waals surface area (Å²) in [7, 11) is 0. The molecule has 2 amide bonds. The smallest absolute Gasteiger partial charge is 0.262 e. The average molecular weight is 404 g/mol. The Labute approximate surface area is 170 Å². The summed E-state index contributed by atoms with van der Waals surface area (Å²) in [5.74, 6) is -3.05. The van der Waals surface area contributed by atoms with Crippen LogP contribution < -0.4 is 0 Å². The summed E-state index contributed by atoms with van der Waals surface area (Å²) in [6.07, 6.45) is 2.83. The number of aromatic nitrogens is 2. The fraction of sp³-hybridized carbons (Fsp3) is 0.143. The Bertz CT molecular complexity index is 1090. The summed E-state index contributed by atoms with van der Waals surface area (Å²) in [4.78, 5) is 51.1. The van der Waals surface area contributed by atoms with Crippen LogP contribution in [0.15, 0.2) is 73.1 Å². The van der Waals surface area contributed by atoms with E-state index in [1.54, 1.807) is 48.5 Å². The molecule has 9 nitrogen and oxygen atoms in total. The highest BCUT2D eigenvalue weighted by molar-refractivity contribution is 6.21. The lowest BCUT2D eigenvalue weighted by molar-refractivity contribution is -0.485. The number of imide groups is 1. The summed E-state index contributed by atoms with van der Waals surface area (Å²) in [6, 6.07) is 14.8. The van der Waals surface area contributed by atoms with Crippen molar-refractivity contribution in [2.75, 3.05) is 6.54 Å². The predicted octanol–water partition coefficient (Wildman–Crippen LogP) is 2.25. The van der Waals surface area contributed by atoms with E-state index in [9.17, 15) is 24.5 Å². The first-order chi connectivity index (χ1) is 14.5. The van der Waals surface area contributed by atoms with Gasteiger partial charge in [0.15, 0.2) is 0 Å². The number of hydrogen-bond acceptors (Lipinski definition) is 6. The number of hydrogen-bond donors (Lipinski definition) is 0. The van der Waals surface area contributed by atoms with Crippen molar-refractivity contribution in [3.8, 4) is 0 Å². The van der Waals surface area contributed by atoms with Gasteiger partial charge in [-0.05, 0) is 23.8 Å². The van der Waals surface area contributed by atoms with Crippen LogP contribution in [0.4, 0.5) is 0 Å². The van der Waals surface area contributed by atoms with E-state index in [4.69, 9.17) is 0 Å². The van der Waals surface area contributed by atoms with Crippen LogP contribution in [0, 0.1) is 10.1 Å². The maximum absolute atomic E-state index is 13.3. The number of rotatable bonds is 6. The third kappa shape index (κ3) is 3.26. The van der Waals surface area contributed by atoms with Gasteiger partial charge in [0.1, 0.15) is 6.04 Å². The largest absolute Gasteiger partial charge is 0.272 e. The second-order valence-electron chi connectivity index (χ2n) is 6.79. The molecule has 2 heterocycles. The van der Waals surface area contributed by atoms with Crippen molar-refractivity contribution in [2.45, 2.75) is 12.0 Å². The minimum absolute atomic E-state index is 0.161. The van der Waals surface area contributed by atoms with Crippen molar-refractivity contribution in [1.29, 1.82) is 0 Å². The molecular formula is C21H16N4O5. The van der Waals surface area contributed by atoms with Gasteiger partial charge >= 0.3 is 0 Å². The molecule has 1 aliphatic heterocycles. The first kappa shape index (κ1) is 19.2. The molecule has 1 aliphatic rings. The number of benzene rings is 2. The molecule has 4 rings (SSSR count).